The van der Waals surface area contributed by atoms with E-state index in [1.807, 2.05) is 0 Å². The van der Waals surface area contributed by atoms with Gasteiger partial charge in [-0.25, -0.2) is 4.98 Å². The Bertz CT molecular complexity index is 961. The number of pyridine rings is 1. The van der Waals surface area contributed by atoms with Crippen LogP contribution in [0.15, 0.2) is 54.9 Å². The van der Waals surface area contributed by atoms with Crippen molar-refractivity contribution in [1.82, 2.24) is 10.3 Å². The summed E-state index contributed by atoms with van der Waals surface area (Å²) in [5, 5.41) is 4.12. The van der Waals surface area contributed by atoms with Crippen LogP contribution in [-0.2, 0) is 22.2 Å². The second-order valence-electron chi connectivity index (χ2n) is 6.15. The fourth-order valence-corrected chi connectivity index (χ4v) is 2.51. The Balaban J connectivity index is 2.19. The molecule has 12 heteroatoms. The molecule has 1 aromatic heterocycles. The second kappa shape index (κ2) is 9.82. The van der Waals surface area contributed by atoms with Crippen LogP contribution in [-0.4, -0.2) is 28.9 Å². The van der Waals surface area contributed by atoms with Crippen LogP contribution in [0.25, 0.3) is 0 Å². The smallest absolute Gasteiger partial charge is 0.379 e. The Morgan fingerprint density at radius 2 is 1.74 bits per heavy atom. The molecule has 0 aliphatic heterocycles. The number of benzene rings is 1. The van der Waals surface area contributed by atoms with Crippen LogP contribution in [0, 0.1) is 0 Å². The summed E-state index contributed by atoms with van der Waals surface area (Å²) in [6.45, 7) is 0. The summed E-state index contributed by atoms with van der Waals surface area (Å²) in [7, 11) is 0. The fourth-order valence-electron chi connectivity index (χ4n) is 2.30. The van der Waals surface area contributed by atoms with E-state index in [9.17, 15) is 35.9 Å². The monoisotopic (exact) mass is 465 g/mol. The minimum Gasteiger partial charge on any atom is -0.379 e. The number of nitrogens with one attached hydrogen (secondary N) is 2. The van der Waals surface area contributed by atoms with Gasteiger partial charge in [0.05, 0.1) is 10.6 Å². The first-order chi connectivity index (χ1) is 14.4. The minimum atomic E-state index is -5.08. The van der Waals surface area contributed by atoms with Gasteiger partial charge in [0.1, 0.15) is 6.04 Å². The van der Waals surface area contributed by atoms with Crippen LogP contribution in [0.3, 0.4) is 0 Å². The molecular formula is C19H14ClF6N3O2. The number of nitrogens with zero attached hydrogens (tertiary/aromatic N) is 1. The number of allylic oxidation sites excluding steroid dienone is 1. The fraction of sp³-hybridized carbons (Fsp3) is 0.211. The Morgan fingerprint density at radius 3 is 2.29 bits per heavy atom. The maximum absolute atomic E-state index is 12.7. The first kappa shape index (κ1) is 24.2. The zero-order valence-electron chi connectivity index (χ0n) is 15.4. The van der Waals surface area contributed by atoms with Crippen molar-refractivity contribution in [3.63, 3.8) is 0 Å². The molecule has 1 atom stereocenters. The van der Waals surface area contributed by atoms with Gasteiger partial charge in [-0.1, -0.05) is 41.9 Å². The standard InChI is InChI=1S/C19H14ClF6N3O2/c20-13-9-12(18(21,22)23)10-28-16(13)29-17(31)14(8-11-4-2-1-3-5-11)27-7-6-15(30)19(24,25)26/h1-7,9-10,14,27H,8H2,(H,28,29,31)/b7-6+. The number of aromatic nitrogens is 1. The molecule has 0 saturated heterocycles. The third kappa shape index (κ3) is 7.28. The molecule has 166 valence electrons. The molecular weight excluding hydrogens is 452 g/mol. The van der Waals surface area contributed by atoms with Crippen LogP contribution in [0.1, 0.15) is 11.1 Å². The molecule has 0 aliphatic carbocycles. The van der Waals surface area contributed by atoms with Gasteiger partial charge in [0.15, 0.2) is 5.82 Å². The molecule has 0 spiro atoms. The minimum absolute atomic E-state index is 0.0184. The van der Waals surface area contributed by atoms with Crippen molar-refractivity contribution in [3.05, 3.63) is 71.0 Å². The van der Waals surface area contributed by atoms with Gasteiger partial charge in [-0.15, -0.1) is 0 Å². The van der Waals surface area contributed by atoms with E-state index in [2.05, 4.69) is 15.6 Å². The molecule has 5 nitrogen and oxygen atoms in total. The third-order valence-corrected chi connectivity index (χ3v) is 4.11. The Labute approximate surface area is 177 Å². The number of ketones is 1. The molecule has 0 bridgehead atoms. The second-order valence-corrected chi connectivity index (χ2v) is 6.55. The molecule has 0 fully saturated rings. The summed E-state index contributed by atoms with van der Waals surface area (Å²) in [4.78, 5) is 27.0. The van der Waals surface area contributed by atoms with E-state index in [1.165, 1.54) is 0 Å². The largest absolute Gasteiger partial charge is 0.454 e. The third-order valence-electron chi connectivity index (χ3n) is 3.82. The van der Waals surface area contributed by atoms with Gasteiger partial charge in [-0.3, -0.25) is 9.59 Å². The Hall–Kier alpha value is -3.08. The predicted octanol–water partition coefficient (Wildman–Crippen LogP) is 4.54. The van der Waals surface area contributed by atoms with Gasteiger partial charge >= 0.3 is 12.4 Å². The molecule has 0 saturated carbocycles. The van der Waals surface area contributed by atoms with Gasteiger partial charge in [0, 0.05) is 24.9 Å². The lowest BCUT2D eigenvalue weighted by atomic mass is 10.1. The normalized spacial score (nSPS) is 13.1. The van der Waals surface area contributed by atoms with Gasteiger partial charge in [-0.05, 0) is 11.6 Å². The van der Waals surface area contributed by atoms with Crippen LogP contribution in [0.4, 0.5) is 32.2 Å². The summed E-state index contributed by atoms with van der Waals surface area (Å²) >= 11 is 5.76. The van der Waals surface area contributed by atoms with E-state index in [1.54, 1.807) is 30.3 Å². The lowest BCUT2D eigenvalue weighted by Crippen LogP contribution is -2.40. The highest BCUT2D eigenvalue weighted by Crippen LogP contribution is 2.32. The number of amides is 1. The SMILES string of the molecule is O=C(Nc1ncc(C(F)(F)F)cc1Cl)C(Cc1ccccc1)N/C=C/C(=O)C(F)(F)F. The summed E-state index contributed by atoms with van der Waals surface area (Å²) in [6, 6.07) is 7.72. The van der Waals surface area contributed by atoms with Gasteiger partial charge < -0.3 is 10.6 Å². The van der Waals surface area contributed by atoms with Crippen LogP contribution in [0.2, 0.25) is 5.02 Å². The zero-order valence-corrected chi connectivity index (χ0v) is 16.1. The van der Waals surface area contributed by atoms with Crippen molar-refractivity contribution in [2.24, 2.45) is 0 Å². The first-order valence-electron chi connectivity index (χ1n) is 8.49. The topological polar surface area (TPSA) is 71.1 Å². The average molecular weight is 466 g/mol. The van der Waals surface area contributed by atoms with E-state index in [-0.39, 0.29) is 18.3 Å². The van der Waals surface area contributed by atoms with Crippen molar-refractivity contribution in [3.8, 4) is 0 Å². The average Bonchev–Trinajstić information content (AvgIpc) is 2.67. The van der Waals surface area contributed by atoms with E-state index in [0.29, 0.717) is 24.0 Å². The highest BCUT2D eigenvalue weighted by atomic mass is 35.5. The molecule has 1 amide bonds. The van der Waals surface area contributed by atoms with Crippen molar-refractivity contribution < 1.29 is 35.9 Å². The van der Waals surface area contributed by atoms with Crippen molar-refractivity contribution >= 4 is 29.1 Å². The number of hydrogen-bond donors (Lipinski definition) is 2. The summed E-state index contributed by atoms with van der Waals surface area (Å²) in [5.41, 5.74) is -0.500. The number of hydrogen-bond acceptors (Lipinski definition) is 4. The highest BCUT2D eigenvalue weighted by molar-refractivity contribution is 6.33. The highest BCUT2D eigenvalue weighted by Gasteiger charge is 2.36. The number of rotatable bonds is 7. The molecule has 2 aromatic rings. The number of alkyl halides is 6. The van der Waals surface area contributed by atoms with Crippen LogP contribution >= 0.6 is 11.6 Å². The van der Waals surface area contributed by atoms with E-state index < -0.39 is 40.7 Å². The zero-order chi connectivity index (χ0) is 23.2. The van der Waals surface area contributed by atoms with Crippen LogP contribution < -0.4 is 10.6 Å². The number of anilines is 1. The summed E-state index contributed by atoms with van der Waals surface area (Å²) in [6.07, 6.45) is -8.42. The summed E-state index contributed by atoms with van der Waals surface area (Å²) < 4.78 is 75.1. The molecule has 1 aromatic carbocycles. The number of carbonyl (C=O) groups is 2. The van der Waals surface area contributed by atoms with E-state index in [0.717, 1.165) is 0 Å². The van der Waals surface area contributed by atoms with Gasteiger partial charge in [0.2, 0.25) is 5.91 Å². The molecule has 0 radical (unpaired) electrons. The summed E-state index contributed by atoms with van der Waals surface area (Å²) in [5.74, 6) is -3.34. The van der Waals surface area contributed by atoms with Crippen LogP contribution in [0.5, 0.6) is 0 Å². The van der Waals surface area contributed by atoms with Crippen molar-refractivity contribution in [2.75, 3.05) is 5.32 Å². The quantitative estimate of drug-likeness (QED) is 0.465. The maximum atomic E-state index is 12.7. The van der Waals surface area contributed by atoms with Gasteiger partial charge in [-0.2, -0.15) is 26.3 Å². The molecule has 31 heavy (non-hydrogen) atoms. The number of halogens is 7. The molecule has 1 unspecified atom stereocenters. The lowest BCUT2D eigenvalue weighted by Gasteiger charge is -2.18. The Morgan fingerprint density at radius 1 is 1.10 bits per heavy atom. The van der Waals surface area contributed by atoms with E-state index >= 15 is 0 Å². The maximum Gasteiger partial charge on any atom is 0.454 e. The predicted molar refractivity (Wildman–Crippen MR) is 100 cm³/mol. The van der Waals surface area contributed by atoms with E-state index in [4.69, 9.17) is 11.6 Å². The molecule has 2 rings (SSSR count). The molecule has 2 N–H and O–H groups in total. The molecule has 1 heterocycles. The van der Waals surface area contributed by atoms with Gasteiger partial charge in [0.25, 0.3) is 5.78 Å². The molecule has 0 aliphatic rings. The first-order valence-corrected chi connectivity index (χ1v) is 8.87. The van der Waals surface area contributed by atoms with Crippen molar-refractivity contribution in [2.45, 2.75) is 24.8 Å². The number of carbonyl (C=O) groups excluding carboxylic acids is 2. The van der Waals surface area contributed by atoms with Crippen molar-refractivity contribution in [1.29, 1.82) is 0 Å². The lowest BCUT2D eigenvalue weighted by molar-refractivity contribution is -0.165. The Kier molecular flexibility index (Phi) is 7.66.